The number of carbonyl (C=O) groups is 3. The van der Waals surface area contributed by atoms with Crippen molar-refractivity contribution in [1.29, 1.82) is 0 Å². The van der Waals surface area contributed by atoms with Gasteiger partial charge >= 0.3 is 5.97 Å². The molecule has 0 aliphatic carbocycles. The number of ether oxygens (including phenoxy) is 4. The molecule has 3 rings (SSSR count). The fourth-order valence-electron chi connectivity index (χ4n) is 4.49. The zero-order valence-electron chi connectivity index (χ0n) is 23.5. The van der Waals surface area contributed by atoms with Crippen molar-refractivity contribution < 1.29 is 48.7 Å². The summed E-state index contributed by atoms with van der Waals surface area (Å²) in [7, 11) is 4.57. The lowest BCUT2D eigenvalue weighted by atomic mass is 10.1. The number of aromatic hydroxyl groups is 2. The molecule has 2 aromatic carbocycles. The van der Waals surface area contributed by atoms with Gasteiger partial charge in [-0.25, -0.2) is 4.79 Å². The van der Waals surface area contributed by atoms with Gasteiger partial charge in [0.2, 0.25) is 11.8 Å². The molecular weight excluding hydrogens is 536 g/mol. The Balaban J connectivity index is 1.54. The Morgan fingerprint density at radius 3 is 2.37 bits per heavy atom. The van der Waals surface area contributed by atoms with Crippen molar-refractivity contribution in [2.75, 3.05) is 34.5 Å². The molecule has 41 heavy (non-hydrogen) atoms. The number of esters is 1. The molecule has 4 N–H and O–H groups in total. The molecular formula is C29H36N2O10. The van der Waals surface area contributed by atoms with Gasteiger partial charge in [0.1, 0.15) is 30.5 Å². The number of hydrogen-bond acceptors (Lipinski definition) is 10. The van der Waals surface area contributed by atoms with Gasteiger partial charge in [-0.05, 0) is 49.6 Å². The minimum atomic E-state index is -1.50. The Hall–Kier alpha value is -4.45. The number of phenolic OH excluding ortho intramolecular Hbond substituents is 2. The van der Waals surface area contributed by atoms with E-state index in [0.29, 0.717) is 47.8 Å². The molecule has 12 nitrogen and oxygen atoms in total. The second kappa shape index (κ2) is 14.3. The summed E-state index contributed by atoms with van der Waals surface area (Å²) in [5.74, 6) is -0.951. The van der Waals surface area contributed by atoms with E-state index >= 15 is 0 Å². The average Bonchev–Trinajstić information content (AvgIpc) is 3.46. The smallest absolute Gasteiger partial charge is 0.329 e. The van der Waals surface area contributed by atoms with Crippen molar-refractivity contribution in [2.45, 2.75) is 44.4 Å². The predicted molar refractivity (Wildman–Crippen MR) is 148 cm³/mol. The van der Waals surface area contributed by atoms with Crippen LogP contribution in [0.4, 0.5) is 0 Å². The Labute approximate surface area is 238 Å². The van der Waals surface area contributed by atoms with Crippen LogP contribution in [0.3, 0.4) is 0 Å². The Morgan fingerprint density at radius 1 is 1.02 bits per heavy atom. The van der Waals surface area contributed by atoms with Crippen LogP contribution in [0, 0.1) is 0 Å². The van der Waals surface area contributed by atoms with Crippen LogP contribution in [-0.4, -0.2) is 90.7 Å². The van der Waals surface area contributed by atoms with E-state index in [9.17, 15) is 29.7 Å². The number of phenols is 2. The van der Waals surface area contributed by atoms with E-state index < -0.39 is 36.0 Å². The molecule has 0 unspecified atom stereocenters. The van der Waals surface area contributed by atoms with Gasteiger partial charge in [-0.2, -0.15) is 0 Å². The van der Waals surface area contributed by atoms with Crippen LogP contribution in [0.1, 0.15) is 30.9 Å². The molecule has 1 aliphatic heterocycles. The van der Waals surface area contributed by atoms with Crippen LogP contribution in [0.5, 0.6) is 28.7 Å². The number of likely N-dealkylation sites (tertiary alicyclic amines) is 1. The first-order valence-corrected chi connectivity index (χ1v) is 13.0. The molecule has 1 heterocycles. The summed E-state index contributed by atoms with van der Waals surface area (Å²) in [5, 5.41) is 31.8. The zero-order valence-corrected chi connectivity index (χ0v) is 23.5. The van der Waals surface area contributed by atoms with E-state index in [-0.39, 0.29) is 24.5 Å². The lowest BCUT2D eigenvalue weighted by Gasteiger charge is -2.27. The summed E-state index contributed by atoms with van der Waals surface area (Å²) in [4.78, 5) is 39.7. The maximum Gasteiger partial charge on any atom is 0.329 e. The first-order chi connectivity index (χ1) is 19.6. The third-order valence-electron chi connectivity index (χ3n) is 6.66. The van der Waals surface area contributed by atoms with Gasteiger partial charge in [-0.15, -0.1) is 0 Å². The Bertz CT molecular complexity index is 1280. The standard InChI is InChI=1S/C29H36N2O10/c1-17(30-27(35)23(34)14-18-9-10-21(32)22(33)13-18)28(36)31-11-5-8-20(31)29(37)41-12-6-7-19-15-25(39-3)26(40-4)16-24(19)38-2/h6-7,9-10,13,15-17,20,23,32-34H,5,8,11-12,14H2,1-4H3,(H,30,35)/b7-6+/t17-,20-,23+/m0/s1. The monoisotopic (exact) mass is 572 g/mol. The minimum Gasteiger partial charge on any atom is -0.504 e. The number of rotatable bonds is 12. The molecule has 0 bridgehead atoms. The molecule has 2 aromatic rings. The highest BCUT2D eigenvalue weighted by Gasteiger charge is 2.37. The summed E-state index contributed by atoms with van der Waals surface area (Å²) >= 11 is 0. The number of benzene rings is 2. The second-order valence-electron chi connectivity index (χ2n) is 9.44. The molecule has 1 saturated heterocycles. The number of carbonyl (C=O) groups excluding carboxylic acids is 3. The van der Waals surface area contributed by atoms with E-state index in [1.54, 1.807) is 24.3 Å². The van der Waals surface area contributed by atoms with E-state index in [1.807, 2.05) is 0 Å². The van der Waals surface area contributed by atoms with Crippen LogP contribution < -0.4 is 19.5 Å². The van der Waals surface area contributed by atoms with Crippen molar-refractivity contribution in [3.05, 3.63) is 47.5 Å². The first kappa shape index (κ1) is 31.1. The molecule has 1 aliphatic rings. The van der Waals surface area contributed by atoms with Crippen molar-refractivity contribution in [3.63, 3.8) is 0 Å². The van der Waals surface area contributed by atoms with Gasteiger partial charge in [0.15, 0.2) is 23.0 Å². The summed E-state index contributed by atoms with van der Waals surface area (Å²) in [6.07, 6.45) is 2.74. The van der Waals surface area contributed by atoms with Gasteiger partial charge in [-0.3, -0.25) is 9.59 Å². The highest BCUT2D eigenvalue weighted by Crippen LogP contribution is 2.35. The number of aliphatic hydroxyl groups excluding tert-OH is 1. The Morgan fingerprint density at radius 2 is 1.71 bits per heavy atom. The highest BCUT2D eigenvalue weighted by atomic mass is 16.5. The van der Waals surface area contributed by atoms with Crippen molar-refractivity contribution in [1.82, 2.24) is 10.2 Å². The van der Waals surface area contributed by atoms with E-state index in [0.717, 1.165) is 0 Å². The number of nitrogens with one attached hydrogen (secondary N) is 1. The van der Waals surface area contributed by atoms with Crippen molar-refractivity contribution >= 4 is 23.9 Å². The highest BCUT2D eigenvalue weighted by molar-refractivity contribution is 5.92. The van der Waals surface area contributed by atoms with E-state index in [1.165, 1.54) is 51.4 Å². The average molecular weight is 573 g/mol. The molecule has 0 spiro atoms. The number of amides is 2. The van der Waals surface area contributed by atoms with E-state index in [4.69, 9.17) is 18.9 Å². The third-order valence-corrected chi connectivity index (χ3v) is 6.66. The van der Waals surface area contributed by atoms with Gasteiger partial charge in [0.25, 0.3) is 0 Å². The largest absolute Gasteiger partial charge is 0.504 e. The SMILES string of the molecule is COc1cc(OC)c(OC)cc1/C=C/COC(=O)[C@@H]1CCCN1C(=O)[C@H](C)NC(=O)[C@H](O)Cc1ccc(O)c(O)c1. The zero-order chi connectivity index (χ0) is 30.1. The van der Waals surface area contributed by atoms with Crippen LogP contribution in [-0.2, 0) is 25.5 Å². The third kappa shape index (κ3) is 7.82. The first-order valence-electron chi connectivity index (χ1n) is 13.0. The number of aliphatic hydroxyl groups is 1. The number of hydrogen-bond donors (Lipinski definition) is 4. The van der Waals surface area contributed by atoms with Gasteiger partial charge in [0, 0.05) is 24.6 Å². The fraction of sp³-hybridized carbons (Fsp3) is 0.414. The maximum absolute atomic E-state index is 13.1. The van der Waals surface area contributed by atoms with E-state index in [2.05, 4.69) is 5.32 Å². The normalized spacial score (nSPS) is 16.2. The lowest BCUT2D eigenvalue weighted by molar-refractivity contribution is -0.153. The minimum absolute atomic E-state index is 0.0415. The summed E-state index contributed by atoms with van der Waals surface area (Å²) in [5.41, 5.74) is 1.11. The van der Waals surface area contributed by atoms with Crippen LogP contribution in [0.2, 0.25) is 0 Å². The summed E-state index contributed by atoms with van der Waals surface area (Å²) < 4.78 is 21.4. The van der Waals surface area contributed by atoms with Gasteiger partial charge in [0.05, 0.1) is 21.3 Å². The number of nitrogens with zero attached hydrogens (tertiary/aromatic N) is 1. The molecule has 0 radical (unpaired) electrons. The second-order valence-corrected chi connectivity index (χ2v) is 9.44. The van der Waals surface area contributed by atoms with Crippen LogP contribution >= 0.6 is 0 Å². The molecule has 1 fully saturated rings. The van der Waals surface area contributed by atoms with Crippen LogP contribution in [0.15, 0.2) is 36.4 Å². The molecule has 2 amide bonds. The predicted octanol–water partition coefficient (Wildman–Crippen LogP) is 1.78. The molecule has 0 saturated carbocycles. The molecule has 0 aromatic heterocycles. The quantitative estimate of drug-likeness (QED) is 0.218. The fourth-order valence-corrected chi connectivity index (χ4v) is 4.49. The molecule has 3 atom stereocenters. The van der Waals surface area contributed by atoms with Crippen molar-refractivity contribution in [3.8, 4) is 28.7 Å². The topological polar surface area (TPSA) is 164 Å². The summed E-state index contributed by atoms with van der Waals surface area (Å²) in [6, 6.07) is 5.56. The van der Waals surface area contributed by atoms with Gasteiger partial charge in [-0.1, -0.05) is 12.1 Å². The molecule has 222 valence electrons. The lowest BCUT2D eigenvalue weighted by Crippen LogP contribution is -2.52. The Kier molecular flexibility index (Phi) is 10.8. The van der Waals surface area contributed by atoms with Gasteiger partial charge < -0.3 is 44.5 Å². The van der Waals surface area contributed by atoms with Crippen molar-refractivity contribution in [2.24, 2.45) is 0 Å². The van der Waals surface area contributed by atoms with Crippen LogP contribution in [0.25, 0.3) is 6.08 Å². The maximum atomic E-state index is 13.1. The molecule has 12 heteroatoms. The summed E-state index contributed by atoms with van der Waals surface area (Å²) in [6.45, 7) is 1.76. The number of methoxy groups -OCH3 is 3.